The van der Waals surface area contributed by atoms with Crippen molar-refractivity contribution in [3.63, 3.8) is 0 Å². The van der Waals surface area contributed by atoms with Crippen molar-refractivity contribution < 1.29 is 14.6 Å². The van der Waals surface area contributed by atoms with E-state index in [0.717, 1.165) is 66.2 Å². The molecule has 2 aliphatic heterocycles. The van der Waals surface area contributed by atoms with Crippen molar-refractivity contribution in [2.24, 2.45) is 0 Å². The number of aliphatic hydroxyl groups is 1. The first-order valence-corrected chi connectivity index (χ1v) is 22.5. The van der Waals surface area contributed by atoms with Crippen LogP contribution in [0.25, 0.3) is 22.7 Å². The van der Waals surface area contributed by atoms with Gasteiger partial charge in [0.05, 0.1) is 84.1 Å². The summed E-state index contributed by atoms with van der Waals surface area (Å²) in [6.07, 6.45) is 13.2. The third-order valence-electron chi connectivity index (χ3n) is 9.94. The molecule has 0 bridgehead atoms. The Bertz CT molecular complexity index is 2490. The third kappa shape index (κ3) is 14.0. The molecule has 0 fully saturated rings. The number of aromatic nitrogens is 8. The highest BCUT2D eigenvalue weighted by Gasteiger charge is 2.25. The van der Waals surface area contributed by atoms with Gasteiger partial charge in [0.1, 0.15) is 0 Å². The number of alkyl halides is 1. The first-order valence-electron chi connectivity index (χ1n) is 21.4. The second-order valence-corrected chi connectivity index (χ2v) is 14.8. The maximum absolute atomic E-state index is 8.87. The number of halogens is 1. The number of fused-ring (bicyclic) bond motifs is 2. The second kappa shape index (κ2) is 27.3. The minimum absolute atomic E-state index is 0.135. The molecule has 4 aromatic heterocycles. The number of benzene rings is 4. The average Bonchev–Trinajstić information content (AvgIpc) is 4.22. The lowest BCUT2D eigenvalue weighted by atomic mass is 10.0. The number of hydrogen-bond acceptors (Lipinski definition) is 9. The standard InChI is InChI=1S/C14H16N2O.C13H13BrN2O.C11H12N2O.C9H8N2.2C2H3N/c1-2-14-12-10-15-16(13(12)8-9-17-14)11-6-4-3-5-7-11;14-8-13-11-9-15-16(12(11)6-7-17-13)10-4-2-1-3-5-10;14-9-7-11-6-8-12-13(11)10-4-2-1-3-5-10;1-2-5-9(6-3-1)11-8-4-7-10-11;2*1-2-3/h3-7,10,14H,2,8-9H2,1H3;1-5,9,13H,6-8H2;1-6,8,14H,7,9H2;1-8H;2*1H3. The molecule has 1 N–H and O–H groups in total. The topological polar surface area (TPSA) is 158 Å². The molecule has 0 amide bonds. The Morgan fingerprint density at radius 2 is 1.05 bits per heavy atom. The number of aliphatic hydroxyl groups excluding tert-OH is 1. The SMILES string of the molecule is BrCC1OCCc2c1cnn2-c1ccccc1.CC#N.CC#N.CCC1OCCc2c1cnn2-c1ccccc1.OCCc1ccnn1-c1ccccc1.c1ccc(-n2cccn2)cc1. The van der Waals surface area contributed by atoms with E-state index in [4.69, 9.17) is 25.1 Å². The van der Waals surface area contributed by atoms with Crippen molar-refractivity contribution in [2.75, 3.05) is 25.2 Å². The van der Waals surface area contributed by atoms with E-state index in [9.17, 15) is 0 Å². The molecule has 0 saturated heterocycles. The lowest BCUT2D eigenvalue weighted by Crippen LogP contribution is -2.18. The zero-order valence-corrected chi connectivity index (χ0v) is 38.6. The molecule has 0 spiro atoms. The van der Waals surface area contributed by atoms with Gasteiger partial charge in [-0.15, -0.1) is 0 Å². The van der Waals surface area contributed by atoms with Crippen molar-refractivity contribution in [1.29, 1.82) is 10.5 Å². The van der Waals surface area contributed by atoms with Gasteiger partial charge in [-0.25, -0.2) is 18.7 Å². The summed E-state index contributed by atoms with van der Waals surface area (Å²) in [5.41, 5.74) is 10.4. The molecule has 13 nitrogen and oxygen atoms in total. The minimum atomic E-state index is 0.135. The molecule has 2 unspecified atom stereocenters. The van der Waals surface area contributed by atoms with E-state index >= 15 is 0 Å². The summed E-state index contributed by atoms with van der Waals surface area (Å²) < 4.78 is 19.2. The summed E-state index contributed by atoms with van der Waals surface area (Å²) in [4.78, 5) is 0. The number of ether oxygens (including phenoxy) is 2. The molecule has 4 aromatic carbocycles. The molecule has 2 aliphatic rings. The van der Waals surface area contributed by atoms with Crippen LogP contribution in [0, 0.1) is 22.7 Å². The molecule has 10 rings (SSSR count). The number of hydrogen-bond donors (Lipinski definition) is 1. The number of rotatable bonds is 8. The van der Waals surface area contributed by atoms with Gasteiger partial charge in [0.2, 0.25) is 0 Å². The van der Waals surface area contributed by atoms with Crippen molar-refractivity contribution in [3.05, 3.63) is 193 Å². The van der Waals surface area contributed by atoms with Crippen LogP contribution in [0.5, 0.6) is 0 Å². The van der Waals surface area contributed by atoms with Crippen LogP contribution in [-0.2, 0) is 28.7 Å². The molecule has 0 aliphatic carbocycles. The van der Waals surface area contributed by atoms with Crippen molar-refractivity contribution >= 4 is 15.9 Å². The molecule has 8 aromatic rings. The number of para-hydroxylation sites is 4. The van der Waals surface area contributed by atoms with Gasteiger partial charge in [0.25, 0.3) is 0 Å². The predicted molar refractivity (Wildman–Crippen MR) is 256 cm³/mol. The molecule has 6 heterocycles. The average molecular weight is 936 g/mol. The van der Waals surface area contributed by atoms with E-state index in [1.807, 2.05) is 147 Å². The van der Waals surface area contributed by atoms with Crippen LogP contribution in [0.2, 0.25) is 0 Å². The van der Waals surface area contributed by atoms with Gasteiger partial charge in [0, 0.05) is 80.5 Å². The van der Waals surface area contributed by atoms with Gasteiger partial charge in [0.15, 0.2) is 0 Å². The summed E-state index contributed by atoms with van der Waals surface area (Å²) in [6, 6.07) is 47.8. The van der Waals surface area contributed by atoms with Gasteiger partial charge in [-0.2, -0.15) is 30.9 Å². The fourth-order valence-corrected chi connectivity index (χ4v) is 7.61. The second-order valence-electron chi connectivity index (χ2n) is 14.1. The summed E-state index contributed by atoms with van der Waals surface area (Å²) in [6.45, 7) is 6.73. The molecule has 2 atom stereocenters. The van der Waals surface area contributed by atoms with Crippen LogP contribution < -0.4 is 0 Å². The normalized spacial score (nSPS) is 14.1. The van der Waals surface area contributed by atoms with Gasteiger partial charge < -0.3 is 14.6 Å². The van der Waals surface area contributed by atoms with Gasteiger partial charge in [-0.3, -0.25) is 0 Å². The van der Waals surface area contributed by atoms with E-state index in [-0.39, 0.29) is 18.8 Å². The molecule has 0 saturated carbocycles. The van der Waals surface area contributed by atoms with E-state index in [0.29, 0.717) is 6.42 Å². The first-order chi connectivity index (χ1) is 32.0. The zero-order valence-electron chi connectivity index (χ0n) is 37.0. The molecule has 65 heavy (non-hydrogen) atoms. The fourth-order valence-electron chi connectivity index (χ4n) is 7.07. The maximum Gasteiger partial charge on any atom is 0.0955 e. The van der Waals surface area contributed by atoms with E-state index in [1.54, 1.807) is 24.5 Å². The zero-order chi connectivity index (χ0) is 46.1. The minimum Gasteiger partial charge on any atom is -0.396 e. The van der Waals surface area contributed by atoms with Gasteiger partial charge in [-0.1, -0.05) is 95.7 Å². The highest BCUT2D eigenvalue weighted by Crippen LogP contribution is 2.31. The van der Waals surface area contributed by atoms with Crippen LogP contribution in [0.1, 0.15) is 67.6 Å². The van der Waals surface area contributed by atoms with Crippen molar-refractivity contribution in [3.8, 4) is 34.9 Å². The summed E-state index contributed by atoms with van der Waals surface area (Å²) in [5, 5.41) is 41.6. The predicted octanol–water partition coefficient (Wildman–Crippen LogP) is 10.1. The highest BCUT2D eigenvalue weighted by molar-refractivity contribution is 9.09. The van der Waals surface area contributed by atoms with Crippen molar-refractivity contribution in [1.82, 2.24) is 39.1 Å². The first kappa shape index (κ1) is 49.1. The fraction of sp³-hybridized carbons (Fsp3) is 0.255. The monoisotopic (exact) mass is 934 g/mol. The van der Waals surface area contributed by atoms with Gasteiger partial charge >= 0.3 is 0 Å². The quantitative estimate of drug-likeness (QED) is 0.146. The summed E-state index contributed by atoms with van der Waals surface area (Å²) in [5.74, 6) is 0. The summed E-state index contributed by atoms with van der Waals surface area (Å²) in [7, 11) is 0. The van der Waals surface area contributed by atoms with Crippen LogP contribution in [-0.4, -0.2) is 69.4 Å². The Balaban J connectivity index is 0.000000158. The number of nitrogens with zero attached hydrogens (tertiary/aromatic N) is 10. The molecule has 334 valence electrons. The third-order valence-corrected chi connectivity index (χ3v) is 10.5. The Kier molecular flexibility index (Phi) is 20.6. The Labute approximate surface area is 389 Å². The molecular formula is C51H55BrN10O3. The van der Waals surface area contributed by atoms with E-state index in [2.05, 4.69) is 67.5 Å². The van der Waals surface area contributed by atoms with Crippen LogP contribution in [0.15, 0.2) is 164 Å². The van der Waals surface area contributed by atoms with Crippen LogP contribution in [0.4, 0.5) is 0 Å². The molecular weight excluding hydrogens is 881 g/mol. The van der Waals surface area contributed by atoms with Crippen molar-refractivity contribution in [2.45, 2.75) is 58.7 Å². The van der Waals surface area contributed by atoms with Gasteiger partial charge in [-0.05, 0) is 67.1 Å². The Morgan fingerprint density at radius 3 is 1.48 bits per heavy atom. The smallest absolute Gasteiger partial charge is 0.0955 e. The lowest BCUT2D eigenvalue weighted by molar-refractivity contribution is 0.0390. The lowest BCUT2D eigenvalue weighted by Gasteiger charge is -2.22. The Morgan fingerprint density at radius 1 is 0.600 bits per heavy atom. The molecule has 0 radical (unpaired) electrons. The van der Waals surface area contributed by atoms with E-state index < -0.39 is 0 Å². The van der Waals surface area contributed by atoms with Crippen LogP contribution >= 0.6 is 15.9 Å². The number of nitriles is 2. The van der Waals surface area contributed by atoms with Crippen LogP contribution in [0.3, 0.4) is 0 Å². The summed E-state index contributed by atoms with van der Waals surface area (Å²) >= 11 is 3.48. The highest BCUT2D eigenvalue weighted by atomic mass is 79.9. The maximum atomic E-state index is 8.87. The Hall–Kier alpha value is -6.94. The van der Waals surface area contributed by atoms with E-state index in [1.165, 1.54) is 36.4 Å². The largest absolute Gasteiger partial charge is 0.396 e. The molecule has 14 heteroatoms.